The topological polar surface area (TPSA) is 105 Å². The van der Waals surface area contributed by atoms with E-state index in [0.29, 0.717) is 42.3 Å². The van der Waals surface area contributed by atoms with Gasteiger partial charge in [-0.1, -0.05) is 24.3 Å². The molecule has 2 aromatic carbocycles. The van der Waals surface area contributed by atoms with Crippen molar-refractivity contribution in [2.45, 2.75) is 43.9 Å². The van der Waals surface area contributed by atoms with Crippen molar-refractivity contribution in [3.05, 3.63) is 107 Å². The number of halogens is 2. The molecule has 1 aliphatic heterocycles. The van der Waals surface area contributed by atoms with Crippen LogP contribution in [0.25, 0.3) is 0 Å². The van der Waals surface area contributed by atoms with E-state index >= 15 is 0 Å². The van der Waals surface area contributed by atoms with Gasteiger partial charge in [-0.3, -0.25) is 19.3 Å². The third-order valence-corrected chi connectivity index (χ3v) is 8.57. The minimum absolute atomic E-state index is 0.0969. The van der Waals surface area contributed by atoms with E-state index in [9.17, 15) is 23.2 Å². The number of rotatable bonds is 8. The summed E-state index contributed by atoms with van der Waals surface area (Å²) < 4.78 is 32.5. The Hall–Kier alpha value is -4.84. The maximum atomic E-state index is 14.5. The summed E-state index contributed by atoms with van der Waals surface area (Å²) in [4.78, 5) is 45.5. The zero-order valence-electron chi connectivity index (χ0n) is 25.4. The highest BCUT2D eigenvalue weighted by atomic mass is 19.3. The molecule has 12 heteroatoms. The number of imidazole rings is 1. The lowest BCUT2D eigenvalue weighted by atomic mass is 9.68. The number of fused-ring (bicyclic) bond motifs is 2. The summed E-state index contributed by atoms with van der Waals surface area (Å²) in [6.45, 7) is 1.70. The van der Waals surface area contributed by atoms with E-state index in [1.54, 1.807) is 74.6 Å². The molecule has 2 aliphatic rings. The molecule has 0 unspecified atom stereocenters. The van der Waals surface area contributed by atoms with Gasteiger partial charge in [-0.05, 0) is 47.5 Å². The average Bonchev–Trinajstić information content (AvgIpc) is 3.64. The minimum Gasteiger partial charge on any atom is -0.347 e. The van der Waals surface area contributed by atoms with E-state index in [1.165, 1.54) is 4.90 Å². The molecule has 45 heavy (non-hydrogen) atoms. The van der Waals surface area contributed by atoms with Gasteiger partial charge in [-0.25, -0.2) is 13.8 Å². The molecule has 4 aromatic rings. The van der Waals surface area contributed by atoms with Crippen LogP contribution in [0.2, 0.25) is 0 Å². The first-order valence-electron chi connectivity index (χ1n) is 14.7. The maximum Gasteiger partial charge on any atom is 0.275 e. The Morgan fingerprint density at radius 2 is 1.60 bits per heavy atom. The molecule has 1 saturated carbocycles. The van der Waals surface area contributed by atoms with E-state index in [-0.39, 0.29) is 37.1 Å². The standard InChI is InChI=1S/C33H35F2N7O3/c1-39(2)31(45)24-8-4-23(5-9-24)17-41-14-15-42-27(12-13-28(42)32(41)19-33(34,35)20-32)30(44)36-16-22-6-10-25(11-7-22)38-29(43)26-18-40(3)21-37-26/h4-13,18,21H,14-17,19-20H2,1-3H3,(H,36,44)(H,38,43). The molecule has 2 aromatic heterocycles. The summed E-state index contributed by atoms with van der Waals surface area (Å²) in [7, 11) is 5.17. The average molecular weight is 616 g/mol. The van der Waals surface area contributed by atoms with E-state index in [1.807, 2.05) is 28.8 Å². The van der Waals surface area contributed by atoms with Crippen molar-refractivity contribution in [1.82, 2.24) is 29.2 Å². The van der Waals surface area contributed by atoms with Crippen LogP contribution in [0.3, 0.4) is 0 Å². The number of benzene rings is 2. The monoisotopic (exact) mass is 615 g/mol. The van der Waals surface area contributed by atoms with E-state index in [2.05, 4.69) is 20.5 Å². The summed E-state index contributed by atoms with van der Waals surface area (Å²) in [5.41, 5.74) is 3.53. The number of nitrogens with one attached hydrogen (secondary N) is 2. The first-order valence-corrected chi connectivity index (χ1v) is 14.7. The number of aromatic nitrogens is 3. The van der Waals surface area contributed by atoms with Gasteiger partial charge in [0, 0.05) is 83.3 Å². The number of hydrogen-bond acceptors (Lipinski definition) is 5. The van der Waals surface area contributed by atoms with Crippen molar-refractivity contribution in [2.75, 3.05) is 26.0 Å². The Morgan fingerprint density at radius 1 is 0.911 bits per heavy atom. The van der Waals surface area contributed by atoms with Crippen LogP contribution >= 0.6 is 0 Å². The Labute approximate surface area is 259 Å². The largest absolute Gasteiger partial charge is 0.347 e. The summed E-state index contributed by atoms with van der Waals surface area (Å²) >= 11 is 0. The van der Waals surface area contributed by atoms with Crippen LogP contribution in [-0.4, -0.2) is 68.2 Å². The van der Waals surface area contributed by atoms with Crippen molar-refractivity contribution in [3.63, 3.8) is 0 Å². The van der Waals surface area contributed by atoms with Gasteiger partial charge >= 0.3 is 0 Å². The van der Waals surface area contributed by atoms with Gasteiger partial charge < -0.3 is 24.7 Å². The number of nitrogens with zero attached hydrogens (tertiary/aromatic N) is 5. The number of aryl methyl sites for hydroxylation is 1. The fourth-order valence-electron chi connectivity index (χ4n) is 6.28. The van der Waals surface area contributed by atoms with Gasteiger partial charge in [0.15, 0.2) is 0 Å². The number of carbonyl (C=O) groups excluding carboxylic acids is 3. The summed E-state index contributed by atoms with van der Waals surface area (Å²) in [5, 5.41) is 5.74. The highest BCUT2D eigenvalue weighted by Gasteiger charge is 2.62. The Kier molecular flexibility index (Phi) is 7.77. The summed E-state index contributed by atoms with van der Waals surface area (Å²) in [6, 6.07) is 17.9. The Balaban J connectivity index is 1.12. The molecule has 6 rings (SSSR count). The zero-order chi connectivity index (χ0) is 31.9. The third-order valence-electron chi connectivity index (χ3n) is 8.57. The van der Waals surface area contributed by atoms with Gasteiger partial charge in [-0.2, -0.15) is 0 Å². The predicted molar refractivity (Wildman–Crippen MR) is 164 cm³/mol. The van der Waals surface area contributed by atoms with E-state index in [4.69, 9.17) is 0 Å². The molecule has 1 fully saturated rings. The second-order valence-corrected chi connectivity index (χ2v) is 12.1. The van der Waals surface area contributed by atoms with Crippen LogP contribution in [-0.2, 0) is 32.2 Å². The van der Waals surface area contributed by atoms with Crippen LogP contribution in [0.5, 0.6) is 0 Å². The summed E-state index contributed by atoms with van der Waals surface area (Å²) in [6.07, 6.45) is 2.55. The highest BCUT2D eigenvalue weighted by molar-refractivity contribution is 6.02. The number of carbonyl (C=O) groups is 3. The van der Waals surface area contributed by atoms with Crippen molar-refractivity contribution >= 4 is 23.4 Å². The Bertz CT molecular complexity index is 1730. The number of anilines is 1. The fourth-order valence-corrected chi connectivity index (χ4v) is 6.28. The molecule has 3 amide bonds. The quantitative estimate of drug-likeness (QED) is 0.309. The molecule has 3 heterocycles. The van der Waals surface area contributed by atoms with Crippen LogP contribution < -0.4 is 10.6 Å². The highest BCUT2D eigenvalue weighted by Crippen LogP contribution is 2.57. The van der Waals surface area contributed by atoms with E-state index in [0.717, 1.165) is 16.8 Å². The first kappa shape index (κ1) is 30.2. The molecule has 0 saturated heterocycles. The van der Waals surface area contributed by atoms with Crippen LogP contribution in [0, 0.1) is 0 Å². The molecular formula is C33H35F2N7O3. The van der Waals surface area contributed by atoms with E-state index < -0.39 is 11.5 Å². The molecule has 1 aliphatic carbocycles. The van der Waals surface area contributed by atoms with Crippen LogP contribution in [0.4, 0.5) is 14.5 Å². The van der Waals surface area contributed by atoms with Crippen LogP contribution in [0.1, 0.15) is 61.0 Å². The lowest BCUT2D eigenvalue weighted by Crippen LogP contribution is -2.63. The van der Waals surface area contributed by atoms with Crippen molar-refractivity contribution in [2.24, 2.45) is 7.05 Å². The van der Waals surface area contributed by atoms with Crippen molar-refractivity contribution in [3.8, 4) is 0 Å². The van der Waals surface area contributed by atoms with Crippen molar-refractivity contribution in [1.29, 1.82) is 0 Å². The number of alkyl halides is 2. The number of hydrogen-bond donors (Lipinski definition) is 2. The summed E-state index contributed by atoms with van der Waals surface area (Å²) in [5.74, 6) is -3.48. The molecule has 0 atom stereocenters. The Morgan fingerprint density at radius 3 is 2.22 bits per heavy atom. The fraction of sp³-hybridized carbons (Fsp3) is 0.333. The van der Waals surface area contributed by atoms with Crippen molar-refractivity contribution < 1.29 is 23.2 Å². The van der Waals surface area contributed by atoms with Gasteiger partial charge in [0.05, 0.1) is 11.9 Å². The minimum atomic E-state index is -2.78. The molecule has 234 valence electrons. The lowest BCUT2D eigenvalue weighted by Gasteiger charge is -2.56. The molecule has 0 bridgehead atoms. The second-order valence-electron chi connectivity index (χ2n) is 12.1. The van der Waals surface area contributed by atoms with Gasteiger partial charge in [0.1, 0.15) is 11.4 Å². The number of amides is 3. The molecule has 1 spiro atoms. The second kappa shape index (κ2) is 11.6. The maximum absolute atomic E-state index is 14.5. The van der Waals surface area contributed by atoms with Gasteiger partial charge in [0.2, 0.25) is 0 Å². The zero-order valence-corrected chi connectivity index (χ0v) is 25.4. The molecular weight excluding hydrogens is 580 g/mol. The molecule has 10 nitrogen and oxygen atoms in total. The predicted octanol–water partition coefficient (Wildman–Crippen LogP) is 4.25. The normalized spacial score (nSPS) is 16.5. The molecule has 0 radical (unpaired) electrons. The lowest BCUT2D eigenvalue weighted by molar-refractivity contribution is -0.192. The first-order chi connectivity index (χ1) is 21.4. The smallest absolute Gasteiger partial charge is 0.275 e. The SMILES string of the molecule is CN(C)C(=O)c1ccc(CN2CCn3c(C(=O)NCc4ccc(NC(=O)c5cn(C)cn5)cc4)ccc3C23CC(F)(F)C3)cc1. The van der Waals surface area contributed by atoms with Gasteiger partial charge in [0.25, 0.3) is 23.6 Å². The van der Waals surface area contributed by atoms with Gasteiger partial charge in [-0.15, -0.1) is 0 Å². The third kappa shape index (κ3) is 5.97. The van der Waals surface area contributed by atoms with Crippen LogP contribution in [0.15, 0.2) is 73.2 Å². The molecule has 2 N–H and O–H groups in total.